The van der Waals surface area contributed by atoms with Crippen molar-refractivity contribution in [1.82, 2.24) is 0 Å². The lowest BCUT2D eigenvalue weighted by atomic mass is 9.87. The van der Waals surface area contributed by atoms with Crippen molar-refractivity contribution >= 4 is 0 Å². The van der Waals surface area contributed by atoms with Crippen LogP contribution >= 0.6 is 0 Å². The van der Waals surface area contributed by atoms with Crippen LogP contribution in [0.4, 0.5) is 0 Å². The standard InChI is InChI=1S/C19H32NO2/c1-19(2,3)16-8-10-18(11-9-16)22-15-17(21)14-20(4)12-6-5-7-13-20/h8-11,17,21H,5-7,12-15H2,1-4H3/q+1/t17-/m1/s1. The second kappa shape index (κ2) is 7.01. The number of likely N-dealkylation sites (N-methyl/N-ethyl adjacent to an activating group) is 1. The zero-order chi connectivity index (χ0) is 16.2. The molecule has 22 heavy (non-hydrogen) atoms. The van der Waals surface area contributed by atoms with Gasteiger partial charge >= 0.3 is 0 Å². The predicted molar refractivity (Wildman–Crippen MR) is 91.3 cm³/mol. The molecule has 1 aromatic rings. The Morgan fingerprint density at radius 3 is 2.23 bits per heavy atom. The Kier molecular flexibility index (Phi) is 5.51. The summed E-state index contributed by atoms with van der Waals surface area (Å²) in [5.41, 5.74) is 1.46. The van der Waals surface area contributed by atoms with Crippen LogP contribution in [0.1, 0.15) is 45.6 Å². The van der Waals surface area contributed by atoms with E-state index < -0.39 is 6.10 Å². The Balaban J connectivity index is 1.82. The normalized spacial score (nSPS) is 19.7. The van der Waals surface area contributed by atoms with E-state index in [4.69, 9.17) is 4.74 Å². The molecule has 0 spiro atoms. The van der Waals surface area contributed by atoms with E-state index in [0.717, 1.165) is 16.8 Å². The summed E-state index contributed by atoms with van der Waals surface area (Å²) in [7, 11) is 2.25. The number of aliphatic hydroxyl groups excluding tert-OH is 1. The molecule has 1 heterocycles. The minimum Gasteiger partial charge on any atom is -0.491 e. The van der Waals surface area contributed by atoms with Crippen molar-refractivity contribution < 1.29 is 14.3 Å². The SMILES string of the molecule is CC(C)(C)c1ccc(OC[C@H](O)C[N+]2(C)CCCCC2)cc1. The number of nitrogens with zero attached hydrogens (tertiary/aromatic N) is 1. The highest BCUT2D eigenvalue weighted by atomic mass is 16.5. The monoisotopic (exact) mass is 306 g/mol. The van der Waals surface area contributed by atoms with Gasteiger partial charge in [0, 0.05) is 0 Å². The van der Waals surface area contributed by atoms with Crippen LogP contribution in [-0.4, -0.2) is 49.0 Å². The summed E-state index contributed by atoms with van der Waals surface area (Å²) in [6.07, 6.45) is 3.49. The van der Waals surface area contributed by atoms with Crippen molar-refractivity contribution in [2.24, 2.45) is 0 Å². The topological polar surface area (TPSA) is 29.5 Å². The minimum atomic E-state index is -0.398. The van der Waals surface area contributed by atoms with E-state index in [2.05, 4.69) is 40.0 Å². The number of aliphatic hydroxyl groups is 1. The van der Waals surface area contributed by atoms with E-state index in [1.165, 1.54) is 37.9 Å². The maximum Gasteiger partial charge on any atom is 0.137 e. The summed E-state index contributed by atoms with van der Waals surface area (Å²) in [5, 5.41) is 10.3. The zero-order valence-electron chi connectivity index (χ0n) is 14.6. The number of hydrogen-bond acceptors (Lipinski definition) is 2. The van der Waals surface area contributed by atoms with E-state index in [1.54, 1.807) is 0 Å². The molecule has 1 N–H and O–H groups in total. The highest BCUT2D eigenvalue weighted by Crippen LogP contribution is 2.24. The number of quaternary nitrogens is 1. The van der Waals surface area contributed by atoms with Crippen molar-refractivity contribution in [2.45, 2.75) is 51.6 Å². The zero-order valence-corrected chi connectivity index (χ0v) is 14.6. The first-order valence-electron chi connectivity index (χ1n) is 8.53. The van der Waals surface area contributed by atoms with Gasteiger partial charge in [-0.15, -0.1) is 0 Å². The van der Waals surface area contributed by atoms with Gasteiger partial charge in [-0.2, -0.15) is 0 Å². The molecule has 1 aliphatic heterocycles. The number of rotatable bonds is 5. The number of benzene rings is 1. The van der Waals surface area contributed by atoms with E-state index >= 15 is 0 Å². The van der Waals surface area contributed by atoms with Crippen LogP contribution in [0.15, 0.2) is 24.3 Å². The molecule has 1 atom stereocenters. The van der Waals surface area contributed by atoms with Crippen LogP contribution in [0.2, 0.25) is 0 Å². The van der Waals surface area contributed by atoms with Crippen LogP contribution in [0, 0.1) is 0 Å². The summed E-state index contributed by atoms with van der Waals surface area (Å²) in [6.45, 7) is 10.1. The second-order valence-electron chi connectivity index (χ2n) is 8.05. The molecule has 0 bridgehead atoms. The molecule has 0 saturated carbocycles. The molecule has 1 aromatic carbocycles. The Labute approximate surface area is 135 Å². The quantitative estimate of drug-likeness (QED) is 0.845. The van der Waals surface area contributed by atoms with Gasteiger partial charge in [0.2, 0.25) is 0 Å². The average molecular weight is 306 g/mol. The van der Waals surface area contributed by atoms with Gasteiger partial charge in [0.15, 0.2) is 0 Å². The van der Waals surface area contributed by atoms with Crippen molar-refractivity contribution in [2.75, 3.05) is 33.3 Å². The van der Waals surface area contributed by atoms with Crippen LogP contribution in [0.3, 0.4) is 0 Å². The summed E-state index contributed by atoms with van der Waals surface area (Å²) in [4.78, 5) is 0. The van der Waals surface area contributed by atoms with Crippen molar-refractivity contribution in [3.63, 3.8) is 0 Å². The van der Waals surface area contributed by atoms with Gasteiger partial charge in [-0.3, -0.25) is 0 Å². The highest BCUT2D eigenvalue weighted by molar-refractivity contribution is 5.31. The fraction of sp³-hybridized carbons (Fsp3) is 0.684. The molecular formula is C19H32NO2+. The fourth-order valence-electron chi connectivity index (χ4n) is 3.26. The van der Waals surface area contributed by atoms with Gasteiger partial charge < -0.3 is 14.3 Å². The summed E-state index contributed by atoms with van der Waals surface area (Å²) >= 11 is 0. The van der Waals surface area contributed by atoms with Gasteiger partial charge in [0.25, 0.3) is 0 Å². The first-order valence-corrected chi connectivity index (χ1v) is 8.53. The summed E-state index contributed by atoms with van der Waals surface area (Å²) in [6, 6.07) is 8.23. The molecule has 1 aliphatic rings. The average Bonchev–Trinajstić information content (AvgIpc) is 2.45. The molecule has 0 amide bonds. The molecule has 0 unspecified atom stereocenters. The van der Waals surface area contributed by atoms with Crippen molar-refractivity contribution in [3.05, 3.63) is 29.8 Å². The molecular weight excluding hydrogens is 274 g/mol. The Morgan fingerprint density at radius 1 is 1.09 bits per heavy atom. The lowest BCUT2D eigenvalue weighted by Gasteiger charge is -2.39. The molecule has 0 radical (unpaired) electrons. The molecule has 3 heteroatoms. The maximum absolute atomic E-state index is 10.3. The van der Waals surface area contributed by atoms with Crippen molar-refractivity contribution in [1.29, 1.82) is 0 Å². The predicted octanol–water partition coefficient (Wildman–Crippen LogP) is 3.35. The third-order valence-electron chi connectivity index (χ3n) is 4.71. The van der Waals surface area contributed by atoms with Crippen LogP contribution in [-0.2, 0) is 5.41 Å². The van der Waals surface area contributed by atoms with Gasteiger partial charge in [-0.25, -0.2) is 0 Å². The lowest BCUT2D eigenvalue weighted by Crippen LogP contribution is -2.52. The molecule has 1 fully saturated rings. The minimum absolute atomic E-state index is 0.158. The third kappa shape index (κ3) is 4.99. The van der Waals surface area contributed by atoms with Crippen LogP contribution in [0.5, 0.6) is 5.75 Å². The van der Waals surface area contributed by atoms with Crippen molar-refractivity contribution in [3.8, 4) is 5.75 Å². The summed E-state index contributed by atoms with van der Waals surface area (Å²) < 4.78 is 6.74. The van der Waals surface area contributed by atoms with E-state index in [-0.39, 0.29) is 5.41 Å². The largest absolute Gasteiger partial charge is 0.491 e. The molecule has 2 rings (SSSR count). The molecule has 1 saturated heterocycles. The fourth-order valence-corrected chi connectivity index (χ4v) is 3.26. The third-order valence-corrected chi connectivity index (χ3v) is 4.71. The second-order valence-corrected chi connectivity index (χ2v) is 8.05. The van der Waals surface area contributed by atoms with E-state index in [0.29, 0.717) is 6.61 Å². The number of hydrogen-bond donors (Lipinski definition) is 1. The first-order chi connectivity index (χ1) is 10.3. The van der Waals surface area contributed by atoms with E-state index in [1.807, 2.05) is 12.1 Å². The number of likely N-dealkylation sites (tertiary alicyclic amines) is 1. The summed E-state index contributed by atoms with van der Waals surface area (Å²) in [5.74, 6) is 0.841. The van der Waals surface area contributed by atoms with Gasteiger partial charge in [0.1, 0.15) is 25.0 Å². The smallest absolute Gasteiger partial charge is 0.137 e. The molecule has 3 nitrogen and oxygen atoms in total. The Bertz CT molecular complexity index is 455. The molecule has 124 valence electrons. The molecule has 0 aromatic heterocycles. The maximum atomic E-state index is 10.3. The number of piperidine rings is 1. The number of ether oxygens (including phenoxy) is 1. The molecule has 0 aliphatic carbocycles. The first kappa shape index (κ1) is 17.3. The Morgan fingerprint density at radius 2 is 1.68 bits per heavy atom. The van der Waals surface area contributed by atoms with E-state index in [9.17, 15) is 5.11 Å². The van der Waals surface area contributed by atoms with Gasteiger partial charge in [0.05, 0.1) is 20.1 Å². The van der Waals surface area contributed by atoms with Gasteiger partial charge in [-0.1, -0.05) is 32.9 Å². The van der Waals surface area contributed by atoms with Crippen LogP contribution in [0.25, 0.3) is 0 Å². The highest BCUT2D eigenvalue weighted by Gasteiger charge is 2.27. The van der Waals surface area contributed by atoms with Gasteiger partial charge in [-0.05, 0) is 42.4 Å². The van der Waals surface area contributed by atoms with Crippen LogP contribution < -0.4 is 4.74 Å². The Hall–Kier alpha value is -1.06. The lowest BCUT2D eigenvalue weighted by molar-refractivity contribution is -0.916.